The van der Waals surface area contributed by atoms with Crippen LogP contribution in [0.15, 0.2) is 54.7 Å². The first kappa shape index (κ1) is 20.3. The van der Waals surface area contributed by atoms with Crippen molar-refractivity contribution >= 4 is 40.4 Å². The minimum absolute atomic E-state index is 0.0518. The molecule has 0 aliphatic carbocycles. The number of nitro groups is 1. The largest absolute Gasteiger partial charge is 0.421 e. The van der Waals surface area contributed by atoms with E-state index in [0.717, 1.165) is 0 Å². The van der Waals surface area contributed by atoms with Crippen LogP contribution in [0.1, 0.15) is 5.56 Å². The van der Waals surface area contributed by atoms with Crippen LogP contribution in [0.4, 0.5) is 42.0 Å². The van der Waals surface area contributed by atoms with Crippen molar-refractivity contribution < 1.29 is 18.1 Å². The highest BCUT2D eigenvalue weighted by molar-refractivity contribution is 6.30. The molecular formula is C18H13ClF3N5O2. The quantitative estimate of drug-likeness (QED) is 0.426. The van der Waals surface area contributed by atoms with Crippen molar-refractivity contribution in [2.24, 2.45) is 0 Å². The number of anilines is 4. The summed E-state index contributed by atoms with van der Waals surface area (Å²) in [6, 6.07) is 11.6. The lowest BCUT2D eigenvalue weighted by Gasteiger charge is -2.22. The van der Waals surface area contributed by atoms with Gasteiger partial charge in [-0.3, -0.25) is 10.1 Å². The zero-order chi connectivity index (χ0) is 21.2. The van der Waals surface area contributed by atoms with E-state index in [0.29, 0.717) is 16.9 Å². The molecule has 0 aliphatic rings. The Labute approximate surface area is 167 Å². The third-order valence-corrected chi connectivity index (χ3v) is 4.19. The number of benzene rings is 2. The Morgan fingerprint density at radius 3 is 2.28 bits per heavy atom. The second-order valence-corrected chi connectivity index (χ2v) is 6.33. The van der Waals surface area contributed by atoms with Crippen molar-refractivity contribution in [3.8, 4) is 0 Å². The number of nitrogens with zero attached hydrogens (tertiary/aromatic N) is 4. The third kappa shape index (κ3) is 4.72. The number of nitrogens with one attached hydrogen (secondary N) is 1. The average Bonchev–Trinajstić information content (AvgIpc) is 2.68. The van der Waals surface area contributed by atoms with Gasteiger partial charge in [-0.15, -0.1) is 0 Å². The van der Waals surface area contributed by atoms with E-state index >= 15 is 0 Å². The minimum atomic E-state index is -4.69. The lowest BCUT2D eigenvalue weighted by Crippen LogP contribution is -2.19. The first-order valence-electron chi connectivity index (χ1n) is 8.10. The van der Waals surface area contributed by atoms with E-state index in [1.807, 2.05) is 0 Å². The zero-order valence-electron chi connectivity index (χ0n) is 14.8. The molecule has 0 aliphatic heterocycles. The first-order chi connectivity index (χ1) is 13.6. The second kappa shape index (κ2) is 7.92. The predicted octanol–water partition coefficient (Wildman–Crippen LogP) is 5.57. The average molecular weight is 424 g/mol. The summed E-state index contributed by atoms with van der Waals surface area (Å²) in [5.41, 5.74) is -0.388. The monoisotopic (exact) mass is 423 g/mol. The van der Waals surface area contributed by atoms with E-state index in [9.17, 15) is 23.3 Å². The summed E-state index contributed by atoms with van der Waals surface area (Å²) in [7, 11) is 1.38. The van der Waals surface area contributed by atoms with Crippen LogP contribution in [-0.4, -0.2) is 21.9 Å². The molecule has 0 unspecified atom stereocenters. The number of hydrogen-bond acceptors (Lipinski definition) is 6. The number of nitro benzene ring substituents is 1. The molecule has 1 N–H and O–H groups in total. The third-order valence-electron chi connectivity index (χ3n) is 3.94. The number of rotatable bonds is 5. The van der Waals surface area contributed by atoms with Crippen LogP contribution in [0.25, 0.3) is 0 Å². The summed E-state index contributed by atoms with van der Waals surface area (Å²) < 4.78 is 40.4. The van der Waals surface area contributed by atoms with Gasteiger partial charge < -0.3 is 10.2 Å². The first-order valence-corrected chi connectivity index (χ1v) is 8.48. The fourth-order valence-electron chi connectivity index (χ4n) is 2.47. The molecule has 1 heterocycles. The predicted molar refractivity (Wildman–Crippen MR) is 103 cm³/mol. The van der Waals surface area contributed by atoms with Gasteiger partial charge >= 0.3 is 6.18 Å². The minimum Gasteiger partial charge on any atom is -0.329 e. The summed E-state index contributed by atoms with van der Waals surface area (Å²) in [6.07, 6.45) is -4.01. The van der Waals surface area contributed by atoms with Gasteiger partial charge in [0.2, 0.25) is 5.95 Å². The van der Waals surface area contributed by atoms with Gasteiger partial charge in [-0.25, -0.2) is 4.98 Å². The smallest absolute Gasteiger partial charge is 0.329 e. The van der Waals surface area contributed by atoms with Crippen LogP contribution in [0.3, 0.4) is 0 Å². The van der Waals surface area contributed by atoms with Gasteiger partial charge in [-0.1, -0.05) is 11.6 Å². The van der Waals surface area contributed by atoms with E-state index in [2.05, 4.69) is 15.3 Å². The molecule has 1 aromatic heterocycles. The van der Waals surface area contributed by atoms with Crippen LogP contribution < -0.4 is 10.2 Å². The molecule has 0 bridgehead atoms. The number of alkyl halides is 3. The molecule has 0 radical (unpaired) electrons. The van der Waals surface area contributed by atoms with Gasteiger partial charge in [0.25, 0.3) is 5.69 Å². The van der Waals surface area contributed by atoms with E-state index < -0.39 is 22.5 Å². The number of non-ortho nitro benzene ring substituents is 1. The van der Waals surface area contributed by atoms with Crippen molar-refractivity contribution in [2.45, 2.75) is 6.18 Å². The number of aromatic nitrogens is 2. The van der Waals surface area contributed by atoms with Gasteiger partial charge in [-0.2, -0.15) is 18.2 Å². The van der Waals surface area contributed by atoms with Crippen molar-refractivity contribution in [2.75, 3.05) is 17.3 Å². The summed E-state index contributed by atoms with van der Waals surface area (Å²) in [6.45, 7) is 0. The molecule has 0 amide bonds. The topological polar surface area (TPSA) is 84.2 Å². The lowest BCUT2D eigenvalue weighted by atomic mass is 10.2. The highest BCUT2D eigenvalue weighted by Crippen LogP contribution is 2.38. The Morgan fingerprint density at radius 1 is 1.10 bits per heavy atom. The van der Waals surface area contributed by atoms with Gasteiger partial charge in [0.15, 0.2) is 5.82 Å². The molecule has 3 aromatic rings. The van der Waals surface area contributed by atoms with E-state index in [1.54, 1.807) is 24.3 Å². The van der Waals surface area contributed by atoms with Crippen molar-refractivity contribution in [3.63, 3.8) is 0 Å². The van der Waals surface area contributed by atoms with Crippen molar-refractivity contribution in [1.82, 2.24) is 9.97 Å². The maximum Gasteiger partial charge on any atom is 0.421 e. The summed E-state index contributed by atoms with van der Waals surface area (Å²) in [4.78, 5) is 19.1. The highest BCUT2D eigenvalue weighted by Gasteiger charge is 2.36. The van der Waals surface area contributed by atoms with E-state index in [1.165, 1.54) is 36.2 Å². The van der Waals surface area contributed by atoms with Crippen molar-refractivity contribution in [1.29, 1.82) is 0 Å². The maximum absolute atomic E-state index is 13.5. The highest BCUT2D eigenvalue weighted by atomic mass is 35.5. The molecule has 150 valence electrons. The van der Waals surface area contributed by atoms with E-state index in [4.69, 9.17) is 11.6 Å². The molecule has 7 nitrogen and oxygen atoms in total. The molecule has 2 aromatic carbocycles. The Hall–Kier alpha value is -3.40. The van der Waals surface area contributed by atoms with Crippen LogP contribution in [0.5, 0.6) is 0 Å². The fourth-order valence-corrected chi connectivity index (χ4v) is 2.60. The molecule has 0 spiro atoms. The standard InChI is InChI=1S/C18H13ClF3N5O2/c1-26(13-6-8-14(9-7-13)27(28)29)16-15(18(20,21)22)10-23-17(25-16)24-12-4-2-11(19)3-5-12/h2-10H,1H3,(H,23,24,25). The molecule has 0 fully saturated rings. The van der Waals surface area contributed by atoms with Gasteiger partial charge in [0, 0.05) is 41.8 Å². The molecule has 0 saturated carbocycles. The maximum atomic E-state index is 13.5. The SMILES string of the molecule is CN(c1ccc([N+](=O)[O-])cc1)c1nc(Nc2ccc(Cl)cc2)ncc1C(F)(F)F. The normalized spacial score (nSPS) is 11.2. The van der Waals surface area contributed by atoms with Gasteiger partial charge in [-0.05, 0) is 36.4 Å². The van der Waals surface area contributed by atoms with Gasteiger partial charge in [0.05, 0.1) is 4.92 Å². The molecule has 11 heteroatoms. The van der Waals surface area contributed by atoms with Crippen LogP contribution in [0.2, 0.25) is 5.02 Å². The summed E-state index contributed by atoms with van der Waals surface area (Å²) in [5.74, 6) is -0.457. The summed E-state index contributed by atoms with van der Waals surface area (Å²) in [5, 5.41) is 14.1. The van der Waals surface area contributed by atoms with Crippen LogP contribution >= 0.6 is 11.6 Å². The Balaban J connectivity index is 1.99. The molecule has 0 atom stereocenters. The number of hydrogen-bond donors (Lipinski definition) is 1. The van der Waals surface area contributed by atoms with Gasteiger partial charge in [0.1, 0.15) is 5.56 Å². The van der Waals surface area contributed by atoms with Crippen LogP contribution in [0, 0.1) is 10.1 Å². The Bertz CT molecular complexity index is 1030. The Kier molecular flexibility index (Phi) is 5.55. The number of halogens is 4. The molecule has 29 heavy (non-hydrogen) atoms. The zero-order valence-corrected chi connectivity index (χ0v) is 15.6. The molecule has 3 rings (SSSR count). The fraction of sp³-hybridized carbons (Fsp3) is 0.111. The molecule has 0 saturated heterocycles. The van der Waals surface area contributed by atoms with Crippen molar-refractivity contribution in [3.05, 3.63) is 75.4 Å². The lowest BCUT2D eigenvalue weighted by molar-refractivity contribution is -0.384. The second-order valence-electron chi connectivity index (χ2n) is 5.89. The van der Waals surface area contributed by atoms with E-state index in [-0.39, 0.29) is 17.3 Å². The Morgan fingerprint density at radius 2 is 1.72 bits per heavy atom. The molecular weight excluding hydrogens is 411 g/mol. The summed E-state index contributed by atoms with van der Waals surface area (Å²) >= 11 is 5.82. The van der Waals surface area contributed by atoms with Crippen LogP contribution in [-0.2, 0) is 6.18 Å².